The topological polar surface area (TPSA) is 68.3 Å². The number of amides is 1. The number of carbonyl (C=O) groups excluding carboxylic acids is 2. The third kappa shape index (κ3) is 3.00. The maximum Gasteiger partial charge on any atom is 0.350 e. The molecule has 20 heavy (non-hydrogen) atoms. The second-order valence-corrected chi connectivity index (χ2v) is 4.89. The lowest BCUT2D eigenvalue weighted by Crippen LogP contribution is -2.11. The van der Waals surface area contributed by atoms with Gasteiger partial charge in [0.15, 0.2) is 5.13 Å². The molecule has 0 fully saturated rings. The third-order valence-corrected chi connectivity index (χ3v) is 3.53. The molecule has 2 aromatic rings. The molecule has 1 heterocycles. The number of nitrogens with zero attached hydrogens (tertiary/aromatic N) is 1. The van der Waals surface area contributed by atoms with Crippen molar-refractivity contribution in [1.29, 1.82) is 0 Å². The molecule has 0 radical (unpaired) electrons. The van der Waals surface area contributed by atoms with Gasteiger partial charge in [-0.05, 0) is 25.1 Å². The number of methoxy groups -OCH3 is 1. The Kier molecular flexibility index (Phi) is 4.09. The molecule has 1 aromatic heterocycles. The maximum atomic E-state index is 13.0. The molecule has 5 nitrogen and oxygen atoms in total. The normalized spacial score (nSPS) is 10.2. The number of aromatic nitrogens is 1. The predicted molar refractivity (Wildman–Crippen MR) is 72.5 cm³/mol. The van der Waals surface area contributed by atoms with Crippen LogP contribution in [0.2, 0.25) is 0 Å². The number of rotatable bonds is 3. The van der Waals surface area contributed by atoms with Crippen molar-refractivity contribution in [1.82, 2.24) is 4.98 Å². The van der Waals surface area contributed by atoms with E-state index in [0.29, 0.717) is 10.6 Å². The zero-order valence-electron chi connectivity index (χ0n) is 10.8. The number of hydrogen-bond donors (Lipinski definition) is 1. The third-order valence-electron chi connectivity index (χ3n) is 2.47. The van der Waals surface area contributed by atoms with Gasteiger partial charge in [-0.25, -0.2) is 14.2 Å². The fourth-order valence-corrected chi connectivity index (χ4v) is 2.41. The number of anilines is 1. The molecular formula is C13H11FN2O3S. The standard InChI is InChI=1S/C13H11FN2O3S/c1-7-10(12(18)19-2)20-13(15-7)16-11(17)8-4-3-5-9(14)6-8/h3-6H,1-2H3,(H,15,16,17). The van der Waals surface area contributed by atoms with Crippen LogP contribution in [0.15, 0.2) is 24.3 Å². The SMILES string of the molecule is COC(=O)c1sc(NC(=O)c2cccc(F)c2)nc1C. The first kappa shape index (κ1) is 14.1. The van der Waals surface area contributed by atoms with Gasteiger partial charge in [-0.2, -0.15) is 0 Å². The highest BCUT2D eigenvalue weighted by Crippen LogP contribution is 2.23. The number of hydrogen-bond acceptors (Lipinski definition) is 5. The van der Waals surface area contributed by atoms with Crippen LogP contribution in [0.4, 0.5) is 9.52 Å². The minimum atomic E-state index is -0.508. The highest BCUT2D eigenvalue weighted by Gasteiger charge is 2.17. The van der Waals surface area contributed by atoms with Crippen LogP contribution in [0.3, 0.4) is 0 Å². The molecule has 2 rings (SSSR count). The smallest absolute Gasteiger partial charge is 0.350 e. The fourth-order valence-electron chi connectivity index (χ4n) is 1.53. The predicted octanol–water partition coefficient (Wildman–Crippen LogP) is 2.63. The summed E-state index contributed by atoms with van der Waals surface area (Å²) in [6.45, 7) is 1.64. The Morgan fingerprint density at radius 1 is 1.40 bits per heavy atom. The van der Waals surface area contributed by atoms with E-state index in [1.54, 1.807) is 6.92 Å². The summed E-state index contributed by atoms with van der Waals surface area (Å²) in [4.78, 5) is 27.7. The number of carbonyl (C=O) groups is 2. The van der Waals surface area contributed by atoms with E-state index < -0.39 is 17.7 Å². The summed E-state index contributed by atoms with van der Waals surface area (Å²) in [6, 6.07) is 5.30. The number of nitrogens with one attached hydrogen (secondary N) is 1. The van der Waals surface area contributed by atoms with E-state index in [1.807, 2.05) is 0 Å². The average Bonchev–Trinajstić information content (AvgIpc) is 2.78. The summed E-state index contributed by atoms with van der Waals surface area (Å²) in [5, 5.41) is 2.78. The minimum Gasteiger partial charge on any atom is -0.465 e. The van der Waals surface area contributed by atoms with E-state index >= 15 is 0 Å². The summed E-state index contributed by atoms with van der Waals surface area (Å²) >= 11 is 1.01. The van der Waals surface area contributed by atoms with Gasteiger partial charge in [0.2, 0.25) is 0 Å². The van der Waals surface area contributed by atoms with Gasteiger partial charge in [-0.15, -0.1) is 0 Å². The number of aryl methyl sites for hydroxylation is 1. The van der Waals surface area contributed by atoms with E-state index in [2.05, 4.69) is 15.0 Å². The van der Waals surface area contributed by atoms with E-state index in [0.717, 1.165) is 17.4 Å². The molecule has 0 bridgehead atoms. The highest BCUT2D eigenvalue weighted by molar-refractivity contribution is 7.17. The minimum absolute atomic E-state index is 0.178. The van der Waals surface area contributed by atoms with Crippen LogP contribution in [0.25, 0.3) is 0 Å². The molecule has 0 saturated carbocycles. The first-order valence-electron chi connectivity index (χ1n) is 5.64. The van der Waals surface area contributed by atoms with Crippen molar-refractivity contribution < 1.29 is 18.7 Å². The molecule has 1 N–H and O–H groups in total. The Morgan fingerprint density at radius 3 is 2.80 bits per heavy atom. The molecule has 0 aliphatic carbocycles. The molecule has 0 atom stereocenters. The molecule has 1 amide bonds. The Hall–Kier alpha value is -2.28. The van der Waals surface area contributed by atoms with Crippen LogP contribution in [0, 0.1) is 12.7 Å². The molecule has 7 heteroatoms. The highest BCUT2D eigenvalue weighted by atomic mass is 32.1. The maximum absolute atomic E-state index is 13.0. The molecular weight excluding hydrogens is 283 g/mol. The second kappa shape index (κ2) is 5.79. The molecule has 0 unspecified atom stereocenters. The van der Waals surface area contributed by atoms with Gasteiger partial charge in [-0.1, -0.05) is 17.4 Å². The molecule has 0 saturated heterocycles. The summed E-state index contributed by atoms with van der Waals surface area (Å²) in [5.74, 6) is -1.50. The van der Waals surface area contributed by atoms with Gasteiger partial charge in [0, 0.05) is 5.56 Å². The number of esters is 1. The van der Waals surface area contributed by atoms with Crippen LogP contribution in [0.1, 0.15) is 25.7 Å². The number of thiazole rings is 1. The van der Waals surface area contributed by atoms with Crippen molar-refractivity contribution in [3.8, 4) is 0 Å². The van der Waals surface area contributed by atoms with Crippen molar-refractivity contribution in [3.05, 3.63) is 46.2 Å². The first-order chi connectivity index (χ1) is 9.51. The van der Waals surface area contributed by atoms with Crippen LogP contribution in [-0.2, 0) is 4.74 Å². The first-order valence-corrected chi connectivity index (χ1v) is 6.45. The summed E-state index contributed by atoms with van der Waals surface area (Å²) in [7, 11) is 1.27. The van der Waals surface area contributed by atoms with Crippen LogP contribution in [0.5, 0.6) is 0 Å². The van der Waals surface area contributed by atoms with Crippen molar-refractivity contribution >= 4 is 28.3 Å². The van der Waals surface area contributed by atoms with Gasteiger partial charge in [-0.3, -0.25) is 10.1 Å². The summed E-state index contributed by atoms with van der Waals surface area (Å²) < 4.78 is 17.6. The molecule has 104 valence electrons. The lowest BCUT2D eigenvalue weighted by Gasteiger charge is -2.01. The largest absolute Gasteiger partial charge is 0.465 e. The summed E-state index contributed by atoms with van der Waals surface area (Å²) in [5.41, 5.74) is 0.647. The van der Waals surface area contributed by atoms with Crippen molar-refractivity contribution in [2.24, 2.45) is 0 Å². The lowest BCUT2D eigenvalue weighted by molar-refractivity contribution is 0.0605. The van der Waals surface area contributed by atoms with Gasteiger partial charge >= 0.3 is 5.97 Å². The van der Waals surface area contributed by atoms with Crippen LogP contribution < -0.4 is 5.32 Å². The van der Waals surface area contributed by atoms with Gasteiger partial charge in [0.05, 0.1) is 12.8 Å². The Balaban J connectivity index is 2.18. The van der Waals surface area contributed by atoms with Crippen molar-refractivity contribution in [3.63, 3.8) is 0 Å². The molecule has 0 aliphatic heterocycles. The van der Waals surface area contributed by atoms with Crippen LogP contribution >= 0.6 is 11.3 Å². The Labute approximate surface area is 118 Å². The Morgan fingerprint density at radius 2 is 2.15 bits per heavy atom. The van der Waals surface area contributed by atoms with E-state index in [9.17, 15) is 14.0 Å². The molecule has 0 spiro atoms. The van der Waals surface area contributed by atoms with E-state index in [4.69, 9.17) is 0 Å². The van der Waals surface area contributed by atoms with E-state index in [1.165, 1.54) is 25.3 Å². The van der Waals surface area contributed by atoms with Crippen molar-refractivity contribution in [2.45, 2.75) is 6.92 Å². The van der Waals surface area contributed by atoms with Gasteiger partial charge < -0.3 is 4.74 Å². The van der Waals surface area contributed by atoms with Crippen LogP contribution in [-0.4, -0.2) is 24.0 Å². The van der Waals surface area contributed by atoms with Gasteiger partial charge in [0.25, 0.3) is 5.91 Å². The zero-order chi connectivity index (χ0) is 14.7. The lowest BCUT2D eigenvalue weighted by atomic mass is 10.2. The number of benzene rings is 1. The fraction of sp³-hybridized carbons (Fsp3) is 0.154. The van der Waals surface area contributed by atoms with E-state index in [-0.39, 0.29) is 10.7 Å². The Bertz CT molecular complexity index is 669. The molecule has 0 aliphatic rings. The number of halogens is 1. The second-order valence-electron chi connectivity index (χ2n) is 3.89. The van der Waals surface area contributed by atoms with Crippen molar-refractivity contribution in [2.75, 3.05) is 12.4 Å². The monoisotopic (exact) mass is 294 g/mol. The molecule has 1 aromatic carbocycles. The quantitative estimate of drug-likeness (QED) is 0.884. The zero-order valence-corrected chi connectivity index (χ0v) is 11.6. The average molecular weight is 294 g/mol. The van der Waals surface area contributed by atoms with Gasteiger partial charge in [0.1, 0.15) is 10.7 Å². The number of ether oxygens (including phenoxy) is 1. The summed E-state index contributed by atoms with van der Waals surface area (Å²) in [6.07, 6.45) is 0.